The summed E-state index contributed by atoms with van der Waals surface area (Å²) in [5, 5.41) is 16.6. The third-order valence-electron chi connectivity index (χ3n) is 2.79. The van der Waals surface area contributed by atoms with Gasteiger partial charge in [-0.25, -0.2) is 0 Å². The first kappa shape index (κ1) is 12.3. The monoisotopic (exact) mass is 240 g/mol. The summed E-state index contributed by atoms with van der Waals surface area (Å²) in [5.74, 6) is -0.108. The fourth-order valence-electron chi connectivity index (χ4n) is 1.85. The van der Waals surface area contributed by atoms with E-state index in [1.165, 1.54) is 0 Å². The quantitative estimate of drug-likeness (QED) is 0.867. The molecular weight excluding hydrogens is 224 g/mol. The Morgan fingerprint density at radius 3 is 2.78 bits per heavy atom. The third kappa shape index (κ3) is 3.19. The maximum absolute atomic E-state index is 9.17. The smallest absolute Gasteiger partial charge is 0.0837 e. The molecule has 1 N–H and O–H groups in total. The van der Waals surface area contributed by atoms with Crippen LogP contribution in [0.25, 0.3) is 0 Å². The molecule has 0 fully saturated rings. The molecular formula is C14H16N4. The summed E-state index contributed by atoms with van der Waals surface area (Å²) in [5.41, 5.74) is 2.18. The molecule has 92 valence electrons. The number of rotatable bonds is 5. The summed E-state index contributed by atoms with van der Waals surface area (Å²) in [7, 11) is 1.89. The van der Waals surface area contributed by atoms with Crippen LogP contribution in [0.4, 0.5) is 0 Å². The van der Waals surface area contributed by atoms with E-state index in [0.29, 0.717) is 6.54 Å². The Kier molecular flexibility index (Phi) is 4.11. The first-order chi connectivity index (χ1) is 8.79. The van der Waals surface area contributed by atoms with E-state index in [2.05, 4.69) is 16.5 Å². The highest BCUT2D eigenvalue weighted by molar-refractivity contribution is 5.25. The largest absolute Gasteiger partial charge is 0.311 e. The van der Waals surface area contributed by atoms with Crippen molar-refractivity contribution in [3.05, 3.63) is 53.9 Å². The minimum absolute atomic E-state index is 0.108. The molecule has 0 aliphatic carbocycles. The van der Waals surface area contributed by atoms with Crippen molar-refractivity contribution in [1.29, 1.82) is 5.26 Å². The van der Waals surface area contributed by atoms with Gasteiger partial charge in [0, 0.05) is 31.9 Å². The molecule has 1 aromatic carbocycles. The number of aromatic nitrogens is 2. The van der Waals surface area contributed by atoms with Crippen LogP contribution in [-0.2, 0) is 13.6 Å². The van der Waals surface area contributed by atoms with Crippen LogP contribution < -0.4 is 5.32 Å². The Bertz CT molecular complexity index is 524. The fourth-order valence-corrected chi connectivity index (χ4v) is 1.85. The first-order valence-electron chi connectivity index (χ1n) is 5.92. The van der Waals surface area contributed by atoms with Gasteiger partial charge in [0.1, 0.15) is 0 Å². The molecule has 1 atom stereocenters. The van der Waals surface area contributed by atoms with Crippen LogP contribution >= 0.6 is 0 Å². The van der Waals surface area contributed by atoms with Crippen molar-refractivity contribution in [2.75, 3.05) is 6.54 Å². The molecule has 1 heterocycles. The van der Waals surface area contributed by atoms with E-state index >= 15 is 0 Å². The normalized spacial score (nSPS) is 12.0. The van der Waals surface area contributed by atoms with Crippen LogP contribution in [0.1, 0.15) is 17.0 Å². The molecule has 0 bridgehead atoms. The van der Waals surface area contributed by atoms with E-state index in [9.17, 15) is 5.26 Å². The summed E-state index contributed by atoms with van der Waals surface area (Å²) in [6, 6.07) is 12.2. The van der Waals surface area contributed by atoms with Gasteiger partial charge in [0.2, 0.25) is 0 Å². The van der Waals surface area contributed by atoms with Crippen molar-refractivity contribution in [1.82, 2.24) is 15.1 Å². The molecule has 18 heavy (non-hydrogen) atoms. The lowest BCUT2D eigenvalue weighted by Crippen LogP contribution is -2.20. The molecule has 1 unspecified atom stereocenters. The second-order valence-corrected chi connectivity index (χ2v) is 4.25. The fraction of sp³-hybridized carbons (Fsp3) is 0.286. The van der Waals surface area contributed by atoms with Gasteiger partial charge in [-0.3, -0.25) is 4.68 Å². The molecule has 0 amide bonds. The molecule has 0 saturated carbocycles. The Morgan fingerprint density at radius 1 is 1.39 bits per heavy atom. The predicted molar refractivity (Wildman–Crippen MR) is 69.7 cm³/mol. The predicted octanol–water partition coefficient (Wildman–Crippen LogP) is 1.82. The van der Waals surface area contributed by atoms with Crippen molar-refractivity contribution >= 4 is 0 Å². The van der Waals surface area contributed by atoms with Crippen LogP contribution in [0, 0.1) is 11.3 Å². The second-order valence-electron chi connectivity index (χ2n) is 4.25. The van der Waals surface area contributed by atoms with Crippen LogP contribution in [-0.4, -0.2) is 16.3 Å². The SMILES string of the molecule is Cn1cc(CNCC(C#N)c2ccccc2)cn1. The Balaban J connectivity index is 1.87. The molecule has 0 spiro atoms. The van der Waals surface area contributed by atoms with Gasteiger partial charge in [-0.15, -0.1) is 0 Å². The van der Waals surface area contributed by atoms with Crippen LogP contribution in [0.15, 0.2) is 42.7 Å². The van der Waals surface area contributed by atoms with Crippen molar-refractivity contribution < 1.29 is 0 Å². The minimum atomic E-state index is -0.108. The highest BCUT2D eigenvalue weighted by Crippen LogP contribution is 2.13. The molecule has 0 aliphatic rings. The number of nitrogens with one attached hydrogen (secondary N) is 1. The van der Waals surface area contributed by atoms with Gasteiger partial charge >= 0.3 is 0 Å². The Hall–Kier alpha value is -2.12. The van der Waals surface area contributed by atoms with E-state index < -0.39 is 0 Å². The number of hydrogen-bond donors (Lipinski definition) is 1. The summed E-state index contributed by atoms with van der Waals surface area (Å²) in [6.45, 7) is 1.38. The number of benzene rings is 1. The van der Waals surface area contributed by atoms with Crippen molar-refractivity contribution in [2.24, 2.45) is 7.05 Å². The average Bonchev–Trinajstić information content (AvgIpc) is 2.81. The van der Waals surface area contributed by atoms with Crippen molar-refractivity contribution in [2.45, 2.75) is 12.5 Å². The van der Waals surface area contributed by atoms with Gasteiger partial charge in [0.15, 0.2) is 0 Å². The molecule has 2 aromatic rings. The van der Waals surface area contributed by atoms with Gasteiger partial charge < -0.3 is 5.32 Å². The van der Waals surface area contributed by atoms with Crippen LogP contribution in [0.3, 0.4) is 0 Å². The molecule has 0 radical (unpaired) electrons. The zero-order chi connectivity index (χ0) is 12.8. The van der Waals surface area contributed by atoms with E-state index in [0.717, 1.165) is 17.7 Å². The maximum atomic E-state index is 9.17. The highest BCUT2D eigenvalue weighted by atomic mass is 15.2. The van der Waals surface area contributed by atoms with Crippen molar-refractivity contribution in [3.8, 4) is 6.07 Å². The topological polar surface area (TPSA) is 53.6 Å². The number of hydrogen-bond acceptors (Lipinski definition) is 3. The minimum Gasteiger partial charge on any atom is -0.311 e. The van der Waals surface area contributed by atoms with Gasteiger partial charge in [0.05, 0.1) is 18.2 Å². The standard InChI is InChI=1S/C14H16N4/c1-18-11-12(9-17-18)8-16-10-14(7-15)13-5-3-2-4-6-13/h2-6,9,11,14,16H,8,10H2,1H3. The Labute approximate surface area is 107 Å². The molecule has 1 aromatic heterocycles. The van der Waals surface area contributed by atoms with E-state index in [1.807, 2.05) is 49.8 Å². The summed E-state index contributed by atoms with van der Waals surface area (Å²) < 4.78 is 1.77. The third-order valence-corrected chi connectivity index (χ3v) is 2.79. The van der Waals surface area contributed by atoms with Gasteiger partial charge in [0.25, 0.3) is 0 Å². The summed E-state index contributed by atoms with van der Waals surface area (Å²) in [6.07, 6.45) is 3.80. The number of aryl methyl sites for hydroxylation is 1. The zero-order valence-electron chi connectivity index (χ0n) is 10.4. The van der Waals surface area contributed by atoms with Crippen molar-refractivity contribution in [3.63, 3.8) is 0 Å². The van der Waals surface area contributed by atoms with Gasteiger partial charge in [-0.1, -0.05) is 30.3 Å². The van der Waals surface area contributed by atoms with Crippen LogP contribution in [0.5, 0.6) is 0 Å². The average molecular weight is 240 g/mol. The van der Waals surface area contributed by atoms with Gasteiger partial charge in [-0.2, -0.15) is 10.4 Å². The number of nitrogens with zero attached hydrogens (tertiary/aromatic N) is 3. The lowest BCUT2D eigenvalue weighted by molar-refractivity contribution is 0.651. The van der Waals surface area contributed by atoms with Crippen LogP contribution in [0.2, 0.25) is 0 Å². The second kappa shape index (κ2) is 5.99. The molecule has 0 aliphatic heterocycles. The lowest BCUT2D eigenvalue weighted by Gasteiger charge is -2.10. The van der Waals surface area contributed by atoms with E-state index in [4.69, 9.17) is 0 Å². The van der Waals surface area contributed by atoms with E-state index in [1.54, 1.807) is 4.68 Å². The Morgan fingerprint density at radius 2 is 2.17 bits per heavy atom. The number of nitriles is 1. The molecule has 4 nitrogen and oxygen atoms in total. The lowest BCUT2D eigenvalue weighted by atomic mass is 10.0. The first-order valence-corrected chi connectivity index (χ1v) is 5.92. The molecule has 0 saturated heterocycles. The molecule has 2 rings (SSSR count). The highest BCUT2D eigenvalue weighted by Gasteiger charge is 2.09. The van der Waals surface area contributed by atoms with Gasteiger partial charge in [-0.05, 0) is 5.56 Å². The maximum Gasteiger partial charge on any atom is 0.0837 e. The summed E-state index contributed by atoms with van der Waals surface area (Å²) >= 11 is 0. The van der Waals surface area contributed by atoms with E-state index in [-0.39, 0.29) is 5.92 Å². The zero-order valence-corrected chi connectivity index (χ0v) is 10.4. The summed E-state index contributed by atoms with van der Waals surface area (Å²) in [4.78, 5) is 0. The molecule has 4 heteroatoms.